The number of hydrogen-bond acceptors (Lipinski definition) is 5. The van der Waals surface area contributed by atoms with Crippen molar-refractivity contribution in [2.24, 2.45) is 11.7 Å². The Balaban J connectivity index is 2.19. The molecule has 7 nitrogen and oxygen atoms in total. The predicted molar refractivity (Wildman–Crippen MR) is 81.5 cm³/mol. The second kappa shape index (κ2) is 9.88. The van der Waals surface area contributed by atoms with E-state index in [1.54, 1.807) is 0 Å². The zero-order chi connectivity index (χ0) is 16.4. The minimum Gasteiger partial charge on any atom is -0.378 e. The van der Waals surface area contributed by atoms with Crippen LogP contribution in [0.3, 0.4) is 0 Å². The number of amides is 2. The lowest BCUT2D eigenvalue weighted by molar-refractivity contribution is -0.127. The molecule has 2 unspecified atom stereocenters. The Kier molecular flexibility index (Phi) is 8.13. The summed E-state index contributed by atoms with van der Waals surface area (Å²) in [5, 5.41) is 15.2. The second-order valence-corrected chi connectivity index (χ2v) is 5.05. The van der Waals surface area contributed by atoms with E-state index in [-0.39, 0.29) is 31.7 Å². The zero-order valence-corrected chi connectivity index (χ0v) is 12.6. The quantitative estimate of drug-likeness (QED) is 0.339. The summed E-state index contributed by atoms with van der Waals surface area (Å²) >= 11 is 0. The first kappa shape index (κ1) is 18.1. The van der Waals surface area contributed by atoms with Crippen LogP contribution in [0.15, 0.2) is 30.3 Å². The van der Waals surface area contributed by atoms with E-state index in [2.05, 4.69) is 10.6 Å². The number of aliphatic hydroxyl groups excluding tert-OH is 1. The number of nitrogens with two attached hydrogens (primary N) is 1. The highest BCUT2D eigenvalue weighted by Crippen LogP contribution is 2.10. The van der Waals surface area contributed by atoms with Crippen molar-refractivity contribution in [3.63, 3.8) is 0 Å². The molecule has 0 aliphatic carbocycles. The summed E-state index contributed by atoms with van der Waals surface area (Å²) in [6.07, 6.45) is -0.0873. The van der Waals surface area contributed by atoms with Crippen LogP contribution >= 0.6 is 0 Å². The van der Waals surface area contributed by atoms with Gasteiger partial charge in [0.15, 0.2) is 0 Å². The number of nitrogens with one attached hydrogen (secondary N) is 2. The molecule has 0 spiro atoms. The lowest BCUT2D eigenvalue weighted by Crippen LogP contribution is -2.43. The summed E-state index contributed by atoms with van der Waals surface area (Å²) in [4.78, 5) is 21.9. The monoisotopic (exact) mass is 309 g/mol. The highest BCUT2D eigenvalue weighted by atomic mass is 16.5. The van der Waals surface area contributed by atoms with Crippen LogP contribution in [-0.4, -0.2) is 43.0 Å². The minimum absolute atomic E-state index is 0.0405. The number of benzene rings is 1. The Bertz CT molecular complexity index is 467. The molecular weight excluding hydrogens is 286 g/mol. The average Bonchev–Trinajstić information content (AvgIpc) is 2.50. The number of primary amides is 1. The van der Waals surface area contributed by atoms with E-state index in [9.17, 15) is 14.7 Å². The molecule has 0 saturated carbocycles. The second-order valence-electron chi connectivity index (χ2n) is 5.05. The third-order valence-electron chi connectivity index (χ3n) is 3.03. The molecule has 1 rings (SSSR count). The normalized spacial score (nSPS) is 13.4. The van der Waals surface area contributed by atoms with Crippen LogP contribution in [0.2, 0.25) is 0 Å². The largest absolute Gasteiger partial charge is 0.378 e. The molecule has 0 bridgehead atoms. The number of aliphatic hydroxyl groups is 1. The van der Waals surface area contributed by atoms with Gasteiger partial charge in [-0.25, -0.2) is 0 Å². The molecule has 0 aliphatic heterocycles. The lowest BCUT2D eigenvalue weighted by atomic mass is 10.00. The Hall–Kier alpha value is -1.96. The van der Waals surface area contributed by atoms with E-state index in [0.717, 1.165) is 5.56 Å². The van der Waals surface area contributed by atoms with Crippen LogP contribution in [0.5, 0.6) is 0 Å². The number of carbonyl (C=O) groups excluding carboxylic acids is 2. The Morgan fingerprint density at radius 2 is 2.00 bits per heavy atom. The first-order chi connectivity index (χ1) is 10.5. The smallest absolute Gasteiger partial charge is 0.243 e. The summed E-state index contributed by atoms with van der Waals surface area (Å²) in [6, 6.07) is 9.81. The van der Waals surface area contributed by atoms with Crippen molar-refractivity contribution in [1.82, 2.24) is 10.6 Å². The molecule has 5 N–H and O–H groups in total. The maximum absolute atomic E-state index is 11.5. The molecule has 0 aliphatic rings. The zero-order valence-electron chi connectivity index (χ0n) is 12.6. The lowest BCUT2D eigenvalue weighted by Gasteiger charge is -2.20. The molecule has 122 valence electrons. The molecule has 1 aromatic rings. The van der Waals surface area contributed by atoms with Gasteiger partial charge in [-0.3, -0.25) is 14.9 Å². The van der Waals surface area contributed by atoms with E-state index in [1.165, 1.54) is 0 Å². The minimum atomic E-state index is -0.794. The Labute approximate surface area is 129 Å². The van der Waals surface area contributed by atoms with Gasteiger partial charge in [0.1, 0.15) is 19.6 Å². The van der Waals surface area contributed by atoms with Crippen molar-refractivity contribution in [2.45, 2.75) is 19.6 Å². The molecule has 0 saturated heterocycles. The van der Waals surface area contributed by atoms with Crippen LogP contribution in [0.4, 0.5) is 0 Å². The van der Waals surface area contributed by atoms with Crippen molar-refractivity contribution in [3.8, 4) is 0 Å². The van der Waals surface area contributed by atoms with E-state index < -0.39 is 12.1 Å². The predicted octanol–water partition coefficient (Wildman–Crippen LogP) is -0.651. The molecule has 2 amide bonds. The van der Waals surface area contributed by atoms with E-state index in [0.29, 0.717) is 6.42 Å². The Morgan fingerprint density at radius 3 is 2.64 bits per heavy atom. The van der Waals surface area contributed by atoms with Crippen LogP contribution in [0.25, 0.3) is 0 Å². The summed E-state index contributed by atoms with van der Waals surface area (Å²) in [6.45, 7) is 1.52. The highest BCUT2D eigenvalue weighted by molar-refractivity contribution is 5.78. The van der Waals surface area contributed by atoms with Crippen LogP contribution < -0.4 is 16.4 Å². The van der Waals surface area contributed by atoms with Gasteiger partial charge in [0.2, 0.25) is 11.8 Å². The number of hydrogen-bond donors (Lipinski definition) is 4. The first-order valence-corrected chi connectivity index (χ1v) is 7.07. The topological polar surface area (TPSA) is 114 Å². The third kappa shape index (κ3) is 7.72. The summed E-state index contributed by atoms with van der Waals surface area (Å²) in [5.41, 5.74) is 6.01. The van der Waals surface area contributed by atoms with Crippen molar-refractivity contribution in [1.29, 1.82) is 0 Å². The molecule has 0 fully saturated rings. The standard InChI is InChI=1S/C15H23N3O4/c1-11(7-12-5-3-2-4-6-12)15(21)17-8-14(20)18-10-22-9-13(16)19/h2-6,11,15,17,21H,7-10H2,1H3,(H2,16,19)(H,18,20). The fourth-order valence-corrected chi connectivity index (χ4v) is 1.84. The van der Waals surface area contributed by atoms with Crippen molar-refractivity contribution in [3.05, 3.63) is 35.9 Å². The van der Waals surface area contributed by atoms with Crippen LogP contribution in [0, 0.1) is 5.92 Å². The fourth-order valence-electron chi connectivity index (χ4n) is 1.84. The molecule has 22 heavy (non-hydrogen) atoms. The van der Waals surface area contributed by atoms with Gasteiger partial charge in [0.25, 0.3) is 0 Å². The van der Waals surface area contributed by atoms with E-state index in [4.69, 9.17) is 10.5 Å². The third-order valence-corrected chi connectivity index (χ3v) is 3.03. The molecule has 7 heteroatoms. The van der Waals surface area contributed by atoms with Crippen molar-refractivity contribution >= 4 is 11.8 Å². The van der Waals surface area contributed by atoms with Gasteiger partial charge in [0, 0.05) is 0 Å². The van der Waals surface area contributed by atoms with Gasteiger partial charge < -0.3 is 20.9 Å². The van der Waals surface area contributed by atoms with Gasteiger partial charge in [-0.05, 0) is 17.9 Å². The first-order valence-electron chi connectivity index (χ1n) is 7.07. The maximum atomic E-state index is 11.5. The van der Waals surface area contributed by atoms with Gasteiger partial charge in [-0.1, -0.05) is 37.3 Å². The molecule has 1 aromatic carbocycles. The van der Waals surface area contributed by atoms with E-state index in [1.807, 2.05) is 37.3 Å². The molecule has 2 atom stereocenters. The van der Waals surface area contributed by atoms with Gasteiger partial charge in [-0.2, -0.15) is 0 Å². The molecule has 0 radical (unpaired) electrons. The number of rotatable bonds is 10. The van der Waals surface area contributed by atoms with E-state index >= 15 is 0 Å². The number of ether oxygens (including phenoxy) is 1. The maximum Gasteiger partial charge on any atom is 0.243 e. The van der Waals surface area contributed by atoms with Crippen LogP contribution in [-0.2, 0) is 20.7 Å². The summed E-state index contributed by atoms with van der Waals surface area (Å²) < 4.78 is 4.80. The van der Waals surface area contributed by atoms with Gasteiger partial charge in [-0.15, -0.1) is 0 Å². The molecule has 0 aromatic heterocycles. The summed E-state index contributed by atoms with van der Waals surface area (Å²) in [7, 11) is 0. The average molecular weight is 309 g/mol. The van der Waals surface area contributed by atoms with Crippen molar-refractivity contribution in [2.75, 3.05) is 19.9 Å². The molecular formula is C15H23N3O4. The fraction of sp³-hybridized carbons (Fsp3) is 0.467. The highest BCUT2D eigenvalue weighted by Gasteiger charge is 2.15. The summed E-state index contributed by atoms with van der Waals surface area (Å²) in [5.74, 6) is -0.978. The van der Waals surface area contributed by atoms with Gasteiger partial charge in [0.05, 0.1) is 6.54 Å². The van der Waals surface area contributed by atoms with Crippen LogP contribution in [0.1, 0.15) is 12.5 Å². The molecule has 0 heterocycles. The Morgan fingerprint density at radius 1 is 1.32 bits per heavy atom. The van der Waals surface area contributed by atoms with Crippen molar-refractivity contribution < 1.29 is 19.4 Å². The SMILES string of the molecule is CC(Cc1ccccc1)C(O)NCC(=O)NCOCC(N)=O. The number of carbonyl (C=O) groups is 2. The van der Waals surface area contributed by atoms with Gasteiger partial charge >= 0.3 is 0 Å².